The highest BCUT2D eigenvalue weighted by molar-refractivity contribution is 6.38. The topological polar surface area (TPSA) is 139 Å². The standard InChI is InChI=1S/C20H21ClFN3O3.C10H24N2O2/c21-16-17-12(19(26)13(20(27)28)8-25(17)11-3-4-11)6-14(22)18(16)24-7-10-2-1-5-23-15(10)9-24;1-3-9(7-13)11-5-6-12-10(4-2)8-14/h6,8,10-11,15,23H,1-5,7,9H2,(H,27,28);9-14H,3-8H2,1-2H3/t10-,15+;9-,10-/m00/s1. The number of pyridine rings is 1. The van der Waals surface area contributed by atoms with E-state index in [1.807, 2.05) is 18.7 Å². The molecule has 3 aliphatic rings. The van der Waals surface area contributed by atoms with E-state index in [-0.39, 0.29) is 47.3 Å². The van der Waals surface area contributed by atoms with Crippen molar-refractivity contribution in [2.24, 2.45) is 5.92 Å². The summed E-state index contributed by atoms with van der Waals surface area (Å²) in [4.78, 5) is 26.1. The van der Waals surface area contributed by atoms with Gasteiger partial charge in [-0.3, -0.25) is 4.79 Å². The Morgan fingerprint density at radius 2 is 1.76 bits per heavy atom. The van der Waals surface area contributed by atoms with Crippen LogP contribution >= 0.6 is 11.6 Å². The van der Waals surface area contributed by atoms with E-state index in [0.717, 1.165) is 64.7 Å². The van der Waals surface area contributed by atoms with Gasteiger partial charge in [-0.2, -0.15) is 0 Å². The van der Waals surface area contributed by atoms with Gasteiger partial charge >= 0.3 is 5.97 Å². The first-order valence-electron chi connectivity index (χ1n) is 15.2. The fourth-order valence-electron chi connectivity index (χ4n) is 5.97. The van der Waals surface area contributed by atoms with Crippen LogP contribution in [0.1, 0.15) is 68.8 Å². The van der Waals surface area contributed by atoms with Crippen LogP contribution in [-0.4, -0.2) is 89.9 Å². The van der Waals surface area contributed by atoms with Gasteiger partial charge in [0.05, 0.1) is 34.8 Å². The smallest absolute Gasteiger partial charge is 0.341 e. The van der Waals surface area contributed by atoms with Crippen molar-refractivity contribution >= 4 is 34.2 Å². The van der Waals surface area contributed by atoms with Gasteiger partial charge in [-0.15, -0.1) is 0 Å². The van der Waals surface area contributed by atoms with Crippen molar-refractivity contribution in [1.29, 1.82) is 0 Å². The van der Waals surface area contributed by atoms with Gasteiger partial charge in [0.15, 0.2) is 0 Å². The Labute approximate surface area is 251 Å². The number of carbonyl (C=O) groups is 1. The molecule has 0 radical (unpaired) electrons. The molecule has 1 aromatic carbocycles. The number of nitrogens with one attached hydrogen (secondary N) is 3. The molecule has 10 nitrogen and oxygen atoms in total. The molecule has 3 heterocycles. The number of hydrogen-bond donors (Lipinski definition) is 6. The largest absolute Gasteiger partial charge is 0.477 e. The molecule has 5 rings (SSSR count). The molecule has 42 heavy (non-hydrogen) atoms. The molecule has 2 aromatic rings. The van der Waals surface area contributed by atoms with Crippen LogP contribution in [0.3, 0.4) is 0 Å². The molecule has 0 unspecified atom stereocenters. The molecule has 1 aliphatic carbocycles. The first-order valence-corrected chi connectivity index (χ1v) is 15.6. The number of piperidine rings is 1. The van der Waals surface area contributed by atoms with E-state index in [9.17, 15) is 14.7 Å². The molecule has 4 atom stereocenters. The number of halogens is 2. The van der Waals surface area contributed by atoms with Crippen molar-refractivity contribution in [3.8, 4) is 0 Å². The number of aromatic nitrogens is 1. The summed E-state index contributed by atoms with van der Waals surface area (Å²) in [6, 6.07) is 1.98. The van der Waals surface area contributed by atoms with E-state index in [0.29, 0.717) is 29.7 Å². The summed E-state index contributed by atoms with van der Waals surface area (Å²) in [6.07, 6.45) is 7.23. The number of benzene rings is 1. The number of carboxylic acids is 1. The number of hydrogen-bond acceptors (Lipinski definition) is 8. The molecule has 0 spiro atoms. The van der Waals surface area contributed by atoms with Crippen LogP contribution in [0.15, 0.2) is 17.1 Å². The highest BCUT2D eigenvalue weighted by Gasteiger charge is 2.37. The Balaban J connectivity index is 0.000000247. The van der Waals surface area contributed by atoms with Gasteiger partial charge in [0.25, 0.3) is 0 Å². The number of rotatable bonds is 12. The average Bonchev–Trinajstić information content (AvgIpc) is 3.74. The van der Waals surface area contributed by atoms with Crippen molar-refractivity contribution in [2.75, 3.05) is 50.8 Å². The lowest BCUT2D eigenvalue weighted by Crippen LogP contribution is -2.40. The van der Waals surface area contributed by atoms with Crippen LogP contribution in [0.2, 0.25) is 5.02 Å². The highest BCUT2D eigenvalue weighted by Crippen LogP contribution is 2.43. The number of aliphatic hydroxyl groups excluding tert-OH is 2. The normalized spacial score (nSPS) is 21.5. The Morgan fingerprint density at radius 3 is 2.29 bits per heavy atom. The minimum Gasteiger partial charge on any atom is -0.477 e. The van der Waals surface area contributed by atoms with Gasteiger partial charge in [-0.25, -0.2) is 9.18 Å². The fraction of sp³-hybridized carbons (Fsp3) is 0.667. The fourth-order valence-corrected chi connectivity index (χ4v) is 6.38. The number of aromatic carboxylic acids is 1. The van der Waals surface area contributed by atoms with Gasteiger partial charge < -0.3 is 40.7 Å². The zero-order chi connectivity index (χ0) is 30.4. The lowest BCUT2D eigenvalue weighted by molar-refractivity contribution is 0.0694. The summed E-state index contributed by atoms with van der Waals surface area (Å²) in [7, 11) is 0. The highest BCUT2D eigenvalue weighted by atomic mass is 35.5. The molecule has 0 amide bonds. The third kappa shape index (κ3) is 7.43. The molecule has 0 bridgehead atoms. The van der Waals surface area contributed by atoms with Gasteiger partial charge in [-0.05, 0) is 57.1 Å². The molecule has 3 fully saturated rings. The minimum atomic E-state index is -1.31. The molecule has 1 saturated carbocycles. The van der Waals surface area contributed by atoms with Crippen molar-refractivity contribution in [1.82, 2.24) is 20.5 Å². The summed E-state index contributed by atoms with van der Waals surface area (Å²) in [6.45, 7) is 8.50. The van der Waals surface area contributed by atoms with Gasteiger partial charge in [-0.1, -0.05) is 25.4 Å². The molecular weight excluding hydrogens is 565 g/mol. The van der Waals surface area contributed by atoms with Crippen molar-refractivity contribution < 1.29 is 24.5 Å². The van der Waals surface area contributed by atoms with Crippen LogP contribution in [0.5, 0.6) is 0 Å². The summed E-state index contributed by atoms with van der Waals surface area (Å²) < 4.78 is 16.9. The summed E-state index contributed by atoms with van der Waals surface area (Å²) in [5.41, 5.74) is -0.275. The van der Waals surface area contributed by atoms with Crippen molar-refractivity contribution in [3.05, 3.63) is 38.9 Å². The second-order valence-electron chi connectivity index (χ2n) is 11.6. The maximum atomic E-state index is 15.1. The number of anilines is 1. The van der Waals surface area contributed by atoms with Crippen molar-refractivity contribution in [3.63, 3.8) is 0 Å². The molecule has 1 aromatic heterocycles. The number of fused-ring (bicyclic) bond motifs is 2. The second kappa shape index (κ2) is 14.9. The first-order chi connectivity index (χ1) is 20.2. The van der Waals surface area contributed by atoms with Crippen LogP contribution in [-0.2, 0) is 0 Å². The molecule has 234 valence electrons. The third-order valence-corrected chi connectivity index (χ3v) is 9.05. The third-order valence-electron chi connectivity index (χ3n) is 8.69. The Bertz CT molecular complexity index is 1250. The predicted octanol–water partition coefficient (Wildman–Crippen LogP) is 2.72. The summed E-state index contributed by atoms with van der Waals surface area (Å²) >= 11 is 6.70. The van der Waals surface area contributed by atoms with Crippen LogP contribution in [0.4, 0.5) is 10.1 Å². The first kappa shape index (κ1) is 32.6. The summed E-state index contributed by atoms with van der Waals surface area (Å²) in [5, 5.41) is 37.4. The molecule has 12 heteroatoms. The maximum Gasteiger partial charge on any atom is 0.341 e. The lowest BCUT2D eigenvalue weighted by Gasteiger charge is -2.24. The van der Waals surface area contributed by atoms with Crippen molar-refractivity contribution in [2.45, 2.75) is 76.5 Å². The molecular formula is C30H45ClFN5O5. The van der Waals surface area contributed by atoms with Gasteiger partial charge in [0, 0.05) is 56.5 Å². The van der Waals surface area contributed by atoms with Gasteiger partial charge in [0.1, 0.15) is 11.4 Å². The minimum absolute atomic E-state index is 0.0350. The van der Waals surface area contributed by atoms with E-state index < -0.39 is 17.2 Å². The number of nitrogens with zero attached hydrogens (tertiary/aromatic N) is 2. The molecule has 6 N–H and O–H groups in total. The van der Waals surface area contributed by atoms with E-state index >= 15 is 4.39 Å². The predicted molar refractivity (Wildman–Crippen MR) is 163 cm³/mol. The number of aliphatic hydroxyl groups is 2. The number of carboxylic acid groups (broad SMARTS) is 1. The molecule has 2 aliphatic heterocycles. The van der Waals surface area contributed by atoms with E-state index in [2.05, 4.69) is 16.0 Å². The maximum absolute atomic E-state index is 15.1. The van der Waals surface area contributed by atoms with Gasteiger partial charge in [0.2, 0.25) is 5.43 Å². The summed E-state index contributed by atoms with van der Waals surface area (Å²) in [5.74, 6) is -1.42. The van der Waals surface area contributed by atoms with E-state index in [4.69, 9.17) is 21.8 Å². The van der Waals surface area contributed by atoms with Crippen LogP contribution in [0, 0.1) is 11.7 Å². The van der Waals surface area contributed by atoms with Crippen LogP contribution < -0.4 is 26.3 Å². The quantitative estimate of drug-likeness (QED) is 0.201. The average molecular weight is 610 g/mol. The monoisotopic (exact) mass is 609 g/mol. The second-order valence-corrected chi connectivity index (χ2v) is 12.0. The zero-order valence-electron chi connectivity index (χ0n) is 24.5. The van der Waals surface area contributed by atoms with E-state index in [1.54, 1.807) is 4.57 Å². The van der Waals surface area contributed by atoms with Crippen LogP contribution in [0.25, 0.3) is 10.9 Å². The zero-order valence-corrected chi connectivity index (χ0v) is 25.3. The Morgan fingerprint density at radius 1 is 1.12 bits per heavy atom. The van der Waals surface area contributed by atoms with E-state index in [1.165, 1.54) is 12.3 Å². The SMILES string of the molecule is CC[C@@H](CO)NCCN[C@@H](CC)CO.O=C(O)c1cn(C2CC2)c2c(Cl)c(N3C[C@@H]4CCCN[C@@H]4C3)c(F)cc2c1=O. The lowest BCUT2D eigenvalue weighted by atomic mass is 9.94. The molecule has 2 saturated heterocycles. The Hall–Kier alpha value is -2.28. The Kier molecular flexibility index (Phi) is 11.6.